The molecule has 0 unspecified atom stereocenters. The topological polar surface area (TPSA) is 67.6 Å². The molecule has 9 heteroatoms. The molecule has 30 heavy (non-hydrogen) atoms. The minimum Gasteiger partial charge on any atom is -0.392 e. The Bertz CT molecular complexity index is 1070. The molecule has 1 aliphatic heterocycles. The molecular weight excluding hydrogens is 415 g/mol. The number of anilines is 2. The van der Waals surface area contributed by atoms with Gasteiger partial charge in [0.25, 0.3) is 5.91 Å². The number of thiocarbonyl (C=S) groups is 1. The van der Waals surface area contributed by atoms with Crippen molar-refractivity contribution in [1.82, 2.24) is 0 Å². The van der Waals surface area contributed by atoms with Crippen LogP contribution in [0.5, 0.6) is 0 Å². The van der Waals surface area contributed by atoms with Crippen molar-refractivity contribution in [2.24, 2.45) is 0 Å². The van der Waals surface area contributed by atoms with E-state index in [1.807, 2.05) is 0 Å². The first kappa shape index (κ1) is 20.3. The van der Waals surface area contributed by atoms with Crippen LogP contribution in [0.25, 0.3) is 0 Å². The SMILES string of the molecule is N#Cc1ccc(N2C(=O)C3(CCC3)N(c3ccc(CO)cc3)C2=S)cc1C(F)(F)F. The number of aliphatic hydroxyl groups excluding tert-OH is 1. The minimum atomic E-state index is -4.74. The number of hydrogen-bond acceptors (Lipinski definition) is 4. The second-order valence-electron chi connectivity index (χ2n) is 7.31. The average Bonchev–Trinajstić information content (AvgIpc) is 2.93. The number of nitriles is 1. The zero-order chi connectivity index (χ0) is 21.7. The smallest absolute Gasteiger partial charge is 0.392 e. The van der Waals surface area contributed by atoms with Crippen LogP contribution in [0.1, 0.15) is 36.0 Å². The molecule has 1 spiro atoms. The first-order valence-corrected chi connectivity index (χ1v) is 9.63. The van der Waals surface area contributed by atoms with Gasteiger partial charge in [-0.3, -0.25) is 9.69 Å². The van der Waals surface area contributed by atoms with Gasteiger partial charge in [0.1, 0.15) is 5.54 Å². The zero-order valence-electron chi connectivity index (χ0n) is 15.6. The van der Waals surface area contributed by atoms with Crippen LogP contribution >= 0.6 is 12.2 Å². The molecule has 0 atom stereocenters. The van der Waals surface area contributed by atoms with Crippen molar-refractivity contribution in [2.45, 2.75) is 37.6 Å². The van der Waals surface area contributed by atoms with E-state index in [0.29, 0.717) is 24.1 Å². The fourth-order valence-corrected chi connectivity index (χ4v) is 4.43. The quantitative estimate of drug-likeness (QED) is 0.741. The number of carbonyl (C=O) groups is 1. The molecular formula is C21H16F3N3O2S. The number of amides is 1. The summed E-state index contributed by atoms with van der Waals surface area (Å²) in [6, 6.07) is 11.6. The largest absolute Gasteiger partial charge is 0.417 e. The molecule has 1 saturated heterocycles. The summed E-state index contributed by atoms with van der Waals surface area (Å²) < 4.78 is 40.3. The van der Waals surface area contributed by atoms with Gasteiger partial charge in [-0.05, 0) is 67.4 Å². The van der Waals surface area contributed by atoms with Crippen molar-refractivity contribution < 1.29 is 23.1 Å². The number of rotatable bonds is 3. The highest BCUT2D eigenvalue weighted by atomic mass is 32.1. The molecule has 2 aliphatic rings. The standard InChI is InChI=1S/C21H16F3N3O2S/c22-21(23,24)17-10-16(7-4-14(17)11-25)26-18(29)20(8-1-9-20)27(19(26)30)15-5-2-13(12-28)3-6-15/h2-7,10,28H,1,8-9,12H2. The van der Waals surface area contributed by atoms with Gasteiger partial charge in [-0.15, -0.1) is 0 Å². The van der Waals surface area contributed by atoms with E-state index in [0.717, 1.165) is 23.5 Å². The summed E-state index contributed by atoms with van der Waals surface area (Å²) in [5.74, 6) is -0.372. The van der Waals surface area contributed by atoms with E-state index in [2.05, 4.69) is 0 Å². The fraction of sp³-hybridized carbons (Fsp3) is 0.286. The van der Waals surface area contributed by atoms with Crippen LogP contribution in [0.2, 0.25) is 0 Å². The lowest BCUT2D eigenvalue weighted by atomic mass is 9.75. The molecule has 0 aromatic heterocycles. The highest BCUT2D eigenvalue weighted by Crippen LogP contribution is 2.48. The third kappa shape index (κ3) is 2.95. The van der Waals surface area contributed by atoms with Crippen molar-refractivity contribution in [3.05, 3.63) is 59.2 Å². The van der Waals surface area contributed by atoms with E-state index >= 15 is 0 Å². The van der Waals surface area contributed by atoms with Gasteiger partial charge in [0.15, 0.2) is 5.11 Å². The number of carbonyl (C=O) groups excluding carboxylic acids is 1. The molecule has 1 aliphatic carbocycles. The van der Waals surface area contributed by atoms with Gasteiger partial charge < -0.3 is 10.0 Å². The third-order valence-corrected chi connectivity index (χ3v) is 6.02. The molecule has 4 rings (SSSR count). The van der Waals surface area contributed by atoms with Crippen LogP contribution < -0.4 is 9.80 Å². The maximum atomic E-state index is 13.4. The molecule has 2 aromatic rings. The summed E-state index contributed by atoms with van der Waals surface area (Å²) in [5, 5.41) is 18.4. The Balaban J connectivity index is 1.80. The Morgan fingerprint density at radius 2 is 1.77 bits per heavy atom. The molecule has 5 nitrogen and oxygen atoms in total. The number of halogens is 3. The summed E-state index contributed by atoms with van der Waals surface area (Å²) in [4.78, 5) is 16.2. The molecule has 1 heterocycles. The number of hydrogen-bond donors (Lipinski definition) is 1. The number of nitrogens with zero attached hydrogens (tertiary/aromatic N) is 3. The van der Waals surface area contributed by atoms with Gasteiger partial charge >= 0.3 is 6.18 Å². The molecule has 0 bridgehead atoms. The maximum Gasteiger partial charge on any atom is 0.417 e. The lowest BCUT2D eigenvalue weighted by Crippen LogP contribution is -2.55. The van der Waals surface area contributed by atoms with E-state index in [1.165, 1.54) is 12.1 Å². The summed E-state index contributed by atoms with van der Waals surface area (Å²) in [6.07, 6.45) is -2.87. The second kappa shape index (κ2) is 7.07. The van der Waals surface area contributed by atoms with Crippen molar-refractivity contribution in [3.8, 4) is 6.07 Å². The highest BCUT2D eigenvalue weighted by molar-refractivity contribution is 7.81. The van der Waals surface area contributed by atoms with Crippen LogP contribution in [0.4, 0.5) is 24.5 Å². The molecule has 1 N–H and O–H groups in total. The van der Waals surface area contributed by atoms with Gasteiger partial charge in [-0.25, -0.2) is 0 Å². The van der Waals surface area contributed by atoms with E-state index in [4.69, 9.17) is 17.5 Å². The Hall–Kier alpha value is -2.96. The molecule has 0 radical (unpaired) electrons. The predicted molar refractivity (Wildman–Crippen MR) is 108 cm³/mol. The Morgan fingerprint density at radius 1 is 1.13 bits per heavy atom. The lowest BCUT2D eigenvalue weighted by Gasteiger charge is -2.43. The lowest BCUT2D eigenvalue weighted by molar-refractivity contribution is -0.137. The highest BCUT2D eigenvalue weighted by Gasteiger charge is 2.59. The predicted octanol–water partition coefficient (Wildman–Crippen LogP) is 4.13. The van der Waals surface area contributed by atoms with Crippen molar-refractivity contribution in [1.29, 1.82) is 5.26 Å². The minimum absolute atomic E-state index is 0.0166. The second-order valence-corrected chi connectivity index (χ2v) is 7.67. The first-order valence-electron chi connectivity index (χ1n) is 9.23. The van der Waals surface area contributed by atoms with Gasteiger partial charge in [-0.1, -0.05) is 12.1 Å². The van der Waals surface area contributed by atoms with E-state index in [9.17, 15) is 23.1 Å². The van der Waals surface area contributed by atoms with Gasteiger partial charge in [0.2, 0.25) is 0 Å². The van der Waals surface area contributed by atoms with Crippen LogP contribution in [0.3, 0.4) is 0 Å². The van der Waals surface area contributed by atoms with E-state index in [-0.39, 0.29) is 23.3 Å². The summed E-state index contributed by atoms with van der Waals surface area (Å²) >= 11 is 5.55. The van der Waals surface area contributed by atoms with E-state index < -0.39 is 22.8 Å². The molecule has 2 fully saturated rings. The van der Waals surface area contributed by atoms with Crippen LogP contribution in [-0.2, 0) is 17.6 Å². The third-order valence-electron chi connectivity index (χ3n) is 5.66. The number of aliphatic hydroxyl groups is 1. The van der Waals surface area contributed by atoms with Crippen LogP contribution in [0.15, 0.2) is 42.5 Å². The molecule has 154 valence electrons. The average molecular weight is 431 g/mol. The Kier molecular flexibility index (Phi) is 4.79. The van der Waals surface area contributed by atoms with Gasteiger partial charge in [0, 0.05) is 5.69 Å². The first-order chi connectivity index (χ1) is 14.2. The monoisotopic (exact) mass is 431 g/mol. The summed E-state index contributed by atoms with van der Waals surface area (Å²) in [5.41, 5.74) is -1.24. The molecule has 1 amide bonds. The van der Waals surface area contributed by atoms with Crippen molar-refractivity contribution in [2.75, 3.05) is 9.80 Å². The maximum absolute atomic E-state index is 13.4. The van der Waals surface area contributed by atoms with Crippen LogP contribution in [0, 0.1) is 11.3 Å². The number of benzene rings is 2. The Morgan fingerprint density at radius 3 is 2.27 bits per heavy atom. The van der Waals surface area contributed by atoms with Crippen molar-refractivity contribution in [3.63, 3.8) is 0 Å². The Labute approximate surface area is 175 Å². The van der Waals surface area contributed by atoms with Gasteiger partial charge in [0.05, 0.1) is 29.5 Å². The molecule has 1 saturated carbocycles. The summed E-state index contributed by atoms with van der Waals surface area (Å²) in [7, 11) is 0. The normalized spacial score (nSPS) is 18.0. The van der Waals surface area contributed by atoms with Crippen LogP contribution in [-0.4, -0.2) is 21.7 Å². The zero-order valence-corrected chi connectivity index (χ0v) is 16.4. The molecule has 2 aromatic carbocycles. The van der Waals surface area contributed by atoms with Gasteiger partial charge in [-0.2, -0.15) is 18.4 Å². The fourth-order valence-electron chi connectivity index (χ4n) is 3.96. The summed E-state index contributed by atoms with van der Waals surface area (Å²) in [6.45, 7) is -0.133. The van der Waals surface area contributed by atoms with E-state index in [1.54, 1.807) is 29.2 Å². The number of alkyl halides is 3. The van der Waals surface area contributed by atoms with Crippen molar-refractivity contribution >= 4 is 34.6 Å².